The number of benzene rings is 1. The molecule has 20 heavy (non-hydrogen) atoms. The van der Waals surface area contributed by atoms with E-state index in [1.165, 1.54) is 0 Å². The maximum atomic E-state index is 11.4. The summed E-state index contributed by atoms with van der Waals surface area (Å²) in [6.07, 6.45) is 0. The van der Waals surface area contributed by atoms with Gasteiger partial charge in [0.15, 0.2) is 0 Å². The van der Waals surface area contributed by atoms with Gasteiger partial charge in [0.25, 0.3) is 0 Å². The van der Waals surface area contributed by atoms with Crippen LogP contribution < -0.4 is 10.6 Å². The second-order valence-corrected chi connectivity index (χ2v) is 4.22. The summed E-state index contributed by atoms with van der Waals surface area (Å²) in [6, 6.07) is 7.20. The van der Waals surface area contributed by atoms with Gasteiger partial charge in [0.2, 0.25) is 11.2 Å². The molecule has 1 aromatic heterocycles. The van der Waals surface area contributed by atoms with E-state index in [9.17, 15) is 9.59 Å². The van der Waals surface area contributed by atoms with Crippen molar-refractivity contribution in [3.63, 3.8) is 0 Å². The lowest BCUT2D eigenvalue weighted by Gasteiger charge is -2.08. The SMILES string of the molecule is O=C(O)CNC(=O)CNc1nc(Cl)nc2ccccc12. The van der Waals surface area contributed by atoms with E-state index in [1.807, 2.05) is 12.1 Å². The van der Waals surface area contributed by atoms with E-state index in [2.05, 4.69) is 20.6 Å². The Bertz CT molecular complexity index is 662. The zero-order valence-electron chi connectivity index (χ0n) is 10.3. The summed E-state index contributed by atoms with van der Waals surface area (Å²) in [5, 5.41) is 14.3. The van der Waals surface area contributed by atoms with Crippen LogP contribution in [0.25, 0.3) is 10.9 Å². The molecule has 3 N–H and O–H groups in total. The molecule has 0 fully saturated rings. The zero-order valence-corrected chi connectivity index (χ0v) is 11.0. The predicted octanol–water partition coefficient (Wildman–Crippen LogP) is 0.896. The Hall–Kier alpha value is -2.41. The van der Waals surface area contributed by atoms with Crippen molar-refractivity contribution in [3.05, 3.63) is 29.5 Å². The number of carbonyl (C=O) groups excluding carboxylic acids is 1. The predicted molar refractivity (Wildman–Crippen MR) is 73.7 cm³/mol. The third-order valence-corrected chi connectivity index (χ3v) is 2.60. The first kappa shape index (κ1) is 14.0. The number of fused-ring (bicyclic) bond motifs is 1. The molecule has 2 aromatic rings. The lowest BCUT2D eigenvalue weighted by atomic mass is 10.2. The number of carbonyl (C=O) groups is 2. The monoisotopic (exact) mass is 294 g/mol. The first-order valence-electron chi connectivity index (χ1n) is 5.71. The van der Waals surface area contributed by atoms with Crippen LogP contribution in [0.2, 0.25) is 5.28 Å². The number of nitrogens with zero attached hydrogens (tertiary/aromatic N) is 2. The summed E-state index contributed by atoms with van der Waals surface area (Å²) in [7, 11) is 0. The largest absolute Gasteiger partial charge is 0.480 e. The highest BCUT2D eigenvalue weighted by Crippen LogP contribution is 2.21. The van der Waals surface area contributed by atoms with E-state index in [0.717, 1.165) is 5.39 Å². The van der Waals surface area contributed by atoms with E-state index in [0.29, 0.717) is 11.3 Å². The molecule has 0 aliphatic heterocycles. The molecule has 0 atom stereocenters. The summed E-state index contributed by atoms with van der Waals surface area (Å²) >= 11 is 5.80. The van der Waals surface area contributed by atoms with E-state index in [4.69, 9.17) is 16.7 Å². The number of para-hydroxylation sites is 1. The number of carboxylic acids is 1. The fourth-order valence-corrected chi connectivity index (χ4v) is 1.76. The fraction of sp³-hybridized carbons (Fsp3) is 0.167. The molecule has 2 rings (SSSR count). The number of anilines is 1. The van der Waals surface area contributed by atoms with Gasteiger partial charge < -0.3 is 15.7 Å². The Balaban J connectivity index is 2.09. The van der Waals surface area contributed by atoms with Gasteiger partial charge in [-0.05, 0) is 23.7 Å². The van der Waals surface area contributed by atoms with Crippen LogP contribution in [0.3, 0.4) is 0 Å². The van der Waals surface area contributed by atoms with Gasteiger partial charge in [-0.15, -0.1) is 0 Å². The van der Waals surface area contributed by atoms with Crippen molar-refractivity contribution in [3.8, 4) is 0 Å². The summed E-state index contributed by atoms with van der Waals surface area (Å²) in [5.41, 5.74) is 0.654. The third kappa shape index (κ3) is 3.55. The van der Waals surface area contributed by atoms with Gasteiger partial charge in [-0.25, -0.2) is 9.97 Å². The van der Waals surface area contributed by atoms with Crippen LogP contribution in [0.4, 0.5) is 5.82 Å². The molecule has 0 unspecified atom stereocenters. The minimum absolute atomic E-state index is 0.0668. The highest BCUT2D eigenvalue weighted by Gasteiger charge is 2.08. The Kier molecular flexibility index (Phi) is 4.31. The van der Waals surface area contributed by atoms with Gasteiger partial charge in [0.1, 0.15) is 12.4 Å². The molecule has 1 amide bonds. The molecule has 1 aromatic carbocycles. The van der Waals surface area contributed by atoms with E-state index >= 15 is 0 Å². The number of amides is 1. The lowest BCUT2D eigenvalue weighted by molar-refractivity contribution is -0.137. The molecule has 0 radical (unpaired) electrons. The molecule has 0 spiro atoms. The number of hydrogen-bond acceptors (Lipinski definition) is 5. The number of carboxylic acid groups (broad SMARTS) is 1. The van der Waals surface area contributed by atoms with Crippen LogP contribution in [-0.2, 0) is 9.59 Å². The molecule has 0 saturated heterocycles. The van der Waals surface area contributed by atoms with Crippen molar-refractivity contribution in [1.29, 1.82) is 0 Å². The second-order valence-electron chi connectivity index (χ2n) is 3.88. The van der Waals surface area contributed by atoms with Crippen molar-refractivity contribution in [2.45, 2.75) is 0 Å². The van der Waals surface area contributed by atoms with E-state index in [-0.39, 0.29) is 11.8 Å². The van der Waals surface area contributed by atoms with Crippen LogP contribution in [0, 0.1) is 0 Å². The van der Waals surface area contributed by atoms with Gasteiger partial charge in [-0.2, -0.15) is 0 Å². The number of nitrogens with one attached hydrogen (secondary N) is 2. The molecule has 1 heterocycles. The molecule has 7 nitrogen and oxygen atoms in total. The highest BCUT2D eigenvalue weighted by atomic mass is 35.5. The van der Waals surface area contributed by atoms with E-state index < -0.39 is 18.4 Å². The first-order chi connectivity index (χ1) is 9.56. The molecule has 0 bridgehead atoms. The zero-order chi connectivity index (χ0) is 14.5. The first-order valence-corrected chi connectivity index (χ1v) is 6.08. The van der Waals surface area contributed by atoms with Gasteiger partial charge in [0, 0.05) is 5.39 Å². The molecular weight excluding hydrogens is 284 g/mol. The Morgan fingerprint density at radius 1 is 1.20 bits per heavy atom. The third-order valence-electron chi connectivity index (χ3n) is 2.43. The minimum Gasteiger partial charge on any atom is -0.480 e. The van der Waals surface area contributed by atoms with Gasteiger partial charge in [-0.1, -0.05) is 12.1 Å². The van der Waals surface area contributed by atoms with Crippen LogP contribution in [-0.4, -0.2) is 40.0 Å². The van der Waals surface area contributed by atoms with Crippen LogP contribution in [0.5, 0.6) is 0 Å². The lowest BCUT2D eigenvalue weighted by Crippen LogP contribution is -2.34. The highest BCUT2D eigenvalue weighted by molar-refractivity contribution is 6.28. The molecule has 0 aliphatic rings. The Labute approximate surface area is 119 Å². The maximum absolute atomic E-state index is 11.4. The van der Waals surface area contributed by atoms with Crippen molar-refractivity contribution >= 4 is 40.2 Å². The molecule has 0 saturated carbocycles. The van der Waals surface area contributed by atoms with Gasteiger partial charge in [0.05, 0.1) is 12.1 Å². The smallest absolute Gasteiger partial charge is 0.322 e. The topological polar surface area (TPSA) is 104 Å². The van der Waals surface area contributed by atoms with Crippen molar-refractivity contribution in [1.82, 2.24) is 15.3 Å². The van der Waals surface area contributed by atoms with Crippen molar-refractivity contribution in [2.75, 3.05) is 18.4 Å². The van der Waals surface area contributed by atoms with Gasteiger partial charge >= 0.3 is 5.97 Å². The number of rotatable bonds is 5. The summed E-state index contributed by atoms with van der Waals surface area (Å²) < 4.78 is 0. The second kappa shape index (κ2) is 6.16. The number of hydrogen-bond donors (Lipinski definition) is 3. The maximum Gasteiger partial charge on any atom is 0.322 e. The minimum atomic E-state index is -1.10. The van der Waals surface area contributed by atoms with Crippen molar-refractivity contribution < 1.29 is 14.7 Å². The number of halogens is 1. The van der Waals surface area contributed by atoms with Crippen LogP contribution in [0.1, 0.15) is 0 Å². The summed E-state index contributed by atoms with van der Waals surface area (Å²) in [5.74, 6) is -1.13. The normalized spacial score (nSPS) is 10.2. The molecule has 0 aliphatic carbocycles. The molecule has 8 heteroatoms. The molecule has 104 valence electrons. The van der Waals surface area contributed by atoms with Crippen molar-refractivity contribution in [2.24, 2.45) is 0 Å². The van der Waals surface area contributed by atoms with Gasteiger partial charge in [-0.3, -0.25) is 9.59 Å². The summed E-state index contributed by atoms with van der Waals surface area (Å²) in [6.45, 7) is -0.531. The standard InChI is InChI=1S/C12H11ClN4O3/c13-12-16-8-4-2-1-3-7(8)11(17-12)15-5-9(18)14-6-10(19)20/h1-4H,5-6H2,(H,14,18)(H,19,20)(H,15,16,17). The fourth-order valence-electron chi connectivity index (χ4n) is 1.58. The number of aromatic nitrogens is 2. The Morgan fingerprint density at radius 2 is 1.95 bits per heavy atom. The quantitative estimate of drug-likeness (QED) is 0.708. The molecular formula is C12H11ClN4O3. The average molecular weight is 295 g/mol. The average Bonchev–Trinajstić information content (AvgIpc) is 2.42. The van der Waals surface area contributed by atoms with E-state index in [1.54, 1.807) is 12.1 Å². The Morgan fingerprint density at radius 3 is 2.70 bits per heavy atom. The number of aliphatic carboxylic acids is 1. The van der Waals surface area contributed by atoms with Crippen LogP contribution in [0.15, 0.2) is 24.3 Å². The summed E-state index contributed by atoms with van der Waals surface area (Å²) in [4.78, 5) is 29.8. The van der Waals surface area contributed by atoms with Crippen LogP contribution >= 0.6 is 11.6 Å².